The molecule has 96 valence electrons. The van der Waals surface area contributed by atoms with Gasteiger partial charge in [-0.15, -0.1) is 5.10 Å². The van der Waals surface area contributed by atoms with Gasteiger partial charge in [0.2, 0.25) is 0 Å². The monoisotopic (exact) mass is 239 g/mol. The lowest BCUT2D eigenvalue weighted by atomic mass is 10.2. The van der Waals surface area contributed by atoms with Crippen molar-refractivity contribution in [3.63, 3.8) is 0 Å². The van der Waals surface area contributed by atoms with Crippen LogP contribution in [0.15, 0.2) is 6.20 Å². The summed E-state index contributed by atoms with van der Waals surface area (Å²) in [6.07, 6.45) is 5.88. The maximum Gasteiger partial charge on any atom is 0.0964 e. The third kappa shape index (κ3) is 4.07. The molecule has 0 aromatic carbocycles. The third-order valence-corrected chi connectivity index (χ3v) is 2.92. The molecule has 1 fully saturated rings. The largest absolute Gasteiger partial charge is 0.378 e. The number of ether oxygens (including phenoxy) is 1. The lowest BCUT2D eigenvalue weighted by molar-refractivity contribution is 0.104. The molecule has 0 saturated carbocycles. The Labute approximate surface area is 102 Å². The maximum atomic E-state index is 5.56. The average molecular weight is 239 g/mol. The van der Waals surface area contributed by atoms with Crippen LogP contribution in [-0.2, 0) is 17.8 Å². The van der Waals surface area contributed by atoms with Crippen LogP contribution in [0.5, 0.6) is 0 Å². The molecule has 1 aromatic heterocycles. The summed E-state index contributed by atoms with van der Waals surface area (Å²) in [5, 5.41) is 11.4. The fourth-order valence-electron chi connectivity index (χ4n) is 2.01. The summed E-state index contributed by atoms with van der Waals surface area (Å²) in [5.41, 5.74) is 6.41. The van der Waals surface area contributed by atoms with Gasteiger partial charge in [-0.05, 0) is 25.8 Å². The zero-order valence-corrected chi connectivity index (χ0v) is 10.1. The smallest absolute Gasteiger partial charge is 0.0964 e. The number of hydrogen-bond acceptors (Lipinski definition) is 5. The van der Waals surface area contributed by atoms with E-state index in [4.69, 9.17) is 10.5 Å². The molecule has 1 aromatic rings. The highest BCUT2D eigenvalue weighted by atomic mass is 16.5. The van der Waals surface area contributed by atoms with Crippen molar-refractivity contribution in [1.29, 1.82) is 0 Å². The van der Waals surface area contributed by atoms with Gasteiger partial charge in [0, 0.05) is 25.9 Å². The van der Waals surface area contributed by atoms with Crippen LogP contribution in [0, 0.1) is 0 Å². The molecule has 1 aliphatic rings. The van der Waals surface area contributed by atoms with E-state index in [-0.39, 0.29) is 0 Å². The van der Waals surface area contributed by atoms with Crippen molar-refractivity contribution in [2.75, 3.05) is 19.7 Å². The molecule has 1 saturated heterocycles. The van der Waals surface area contributed by atoms with Crippen LogP contribution in [0.2, 0.25) is 0 Å². The molecule has 1 aliphatic heterocycles. The SMILES string of the molecule is NCCn1cc(CNCCC2CCCO2)nn1. The summed E-state index contributed by atoms with van der Waals surface area (Å²) in [6, 6.07) is 0. The second-order valence-electron chi connectivity index (χ2n) is 4.36. The highest BCUT2D eigenvalue weighted by molar-refractivity contribution is 4.91. The second kappa shape index (κ2) is 6.68. The molecule has 2 heterocycles. The summed E-state index contributed by atoms with van der Waals surface area (Å²) in [6.45, 7) is 3.97. The Morgan fingerprint density at radius 1 is 1.59 bits per heavy atom. The van der Waals surface area contributed by atoms with Crippen molar-refractivity contribution in [1.82, 2.24) is 20.3 Å². The Hall–Kier alpha value is -0.980. The van der Waals surface area contributed by atoms with Gasteiger partial charge in [-0.3, -0.25) is 4.68 Å². The fraction of sp³-hybridized carbons (Fsp3) is 0.818. The maximum absolute atomic E-state index is 5.56. The Kier molecular flexibility index (Phi) is 4.90. The summed E-state index contributed by atoms with van der Waals surface area (Å²) < 4.78 is 7.33. The molecule has 0 radical (unpaired) electrons. The Morgan fingerprint density at radius 3 is 3.29 bits per heavy atom. The number of hydrogen-bond donors (Lipinski definition) is 2. The summed E-state index contributed by atoms with van der Waals surface area (Å²) >= 11 is 0. The first-order chi connectivity index (χ1) is 8.38. The van der Waals surface area contributed by atoms with Crippen molar-refractivity contribution in [2.45, 2.75) is 38.5 Å². The van der Waals surface area contributed by atoms with Gasteiger partial charge in [0.1, 0.15) is 0 Å². The molecule has 6 nitrogen and oxygen atoms in total. The first-order valence-electron chi connectivity index (χ1n) is 6.30. The zero-order chi connectivity index (χ0) is 11.9. The Morgan fingerprint density at radius 2 is 2.53 bits per heavy atom. The molecule has 0 aliphatic carbocycles. The molecule has 0 spiro atoms. The van der Waals surface area contributed by atoms with Crippen molar-refractivity contribution < 1.29 is 4.74 Å². The Bertz CT molecular complexity index is 321. The highest BCUT2D eigenvalue weighted by Crippen LogP contribution is 2.14. The van der Waals surface area contributed by atoms with Crippen LogP contribution in [0.1, 0.15) is 25.0 Å². The number of nitrogens with two attached hydrogens (primary N) is 1. The predicted molar refractivity (Wildman–Crippen MR) is 64.4 cm³/mol. The number of nitrogens with zero attached hydrogens (tertiary/aromatic N) is 3. The van der Waals surface area contributed by atoms with Gasteiger partial charge in [-0.2, -0.15) is 0 Å². The topological polar surface area (TPSA) is 78.0 Å². The minimum absolute atomic E-state index is 0.454. The minimum Gasteiger partial charge on any atom is -0.378 e. The van der Waals surface area contributed by atoms with Gasteiger partial charge < -0.3 is 15.8 Å². The molecular weight excluding hydrogens is 218 g/mol. The van der Waals surface area contributed by atoms with Crippen molar-refractivity contribution >= 4 is 0 Å². The van der Waals surface area contributed by atoms with Gasteiger partial charge >= 0.3 is 0 Å². The first kappa shape index (κ1) is 12.5. The van der Waals surface area contributed by atoms with E-state index in [0.29, 0.717) is 12.6 Å². The number of nitrogens with one attached hydrogen (secondary N) is 1. The van der Waals surface area contributed by atoms with Crippen molar-refractivity contribution in [3.05, 3.63) is 11.9 Å². The number of rotatable bonds is 7. The van der Waals surface area contributed by atoms with E-state index in [1.165, 1.54) is 12.8 Å². The molecule has 6 heteroatoms. The third-order valence-electron chi connectivity index (χ3n) is 2.92. The predicted octanol–water partition coefficient (Wildman–Crippen LogP) is -0.105. The Balaban J connectivity index is 1.60. The van der Waals surface area contributed by atoms with Crippen LogP contribution in [0.3, 0.4) is 0 Å². The van der Waals surface area contributed by atoms with E-state index in [1.54, 1.807) is 4.68 Å². The van der Waals surface area contributed by atoms with E-state index in [9.17, 15) is 0 Å². The average Bonchev–Trinajstić information content (AvgIpc) is 2.96. The van der Waals surface area contributed by atoms with Gasteiger partial charge in [0.15, 0.2) is 0 Å². The van der Waals surface area contributed by atoms with Crippen LogP contribution >= 0.6 is 0 Å². The summed E-state index contributed by atoms with van der Waals surface area (Å²) in [5.74, 6) is 0. The standard InChI is InChI=1S/C11H21N5O/c12-4-6-16-9-10(14-15-16)8-13-5-3-11-2-1-7-17-11/h9,11,13H,1-8,12H2. The lowest BCUT2D eigenvalue weighted by Gasteiger charge is -2.08. The van der Waals surface area contributed by atoms with Crippen LogP contribution < -0.4 is 11.1 Å². The van der Waals surface area contributed by atoms with Crippen LogP contribution in [0.4, 0.5) is 0 Å². The zero-order valence-electron chi connectivity index (χ0n) is 10.1. The van der Waals surface area contributed by atoms with Crippen molar-refractivity contribution in [3.8, 4) is 0 Å². The molecule has 2 rings (SSSR count). The molecule has 17 heavy (non-hydrogen) atoms. The van der Waals surface area contributed by atoms with Gasteiger partial charge in [0.05, 0.1) is 18.3 Å². The minimum atomic E-state index is 0.454. The molecule has 3 N–H and O–H groups in total. The van der Waals surface area contributed by atoms with E-state index in [1.807, 2.05) is 6.20 Å². The highest BCUT2D eigenvalue weighted by Gasteiger charge is 2.14. The van der Waals surface area contributed by atoms with E-state index in [0.717, 1.165) is 38.4 Å². The fourth-order valence-corrected chi connectivity index (χ4v) is 2.01. The van der Waals surface area contributed by atoms with Gasteiger partial charge in [-0.1, -0.05) is 5.21 Å². The van der Waals surface area contributed by atoms with E-state index < -0.39 is 0 Å². The van der Waals surface area contributed by atoms with E-state index in [2.05, 4.69) is 15.6 Å². The molecule has 0 bridgehead atoms. The molecule has 1 unspecified atom stereocenters. The first-order valence-corrected chi connectivity index (χ1v) is 6.30. The second-order valence-corrected chi connectivity index (χ2v) is 4.36. The van der Waals surface area contributed by atoms with Crippen LogP contribution in [0.25, 0.3) is 0 Å². The van der Waals surface area contributed by atoms with Gasteiger partial charge in [-0.25, -0.2) is 0 Å². The molecule has 0 amide bonds. The lowest BCUT2D eigenvalue weighted by Crippen LogP contribution is -2.20. The van der Waals surface area contributed by atoms with Crippen LogP contribution in [-0.4, -0.2) is 40.8 Å². The number of aromatic nitrogens is 3. The van der Waals surface area contributed by atoms with Crippen molar-refractivity contribution in [2.24, 2.45) is 5.73 Å². The summed E-state index contributed by atoms with van der Waals surface area (Å²) in [4.78, 5) is 0. The quantitative estimate of drug-likeness (QED) is 0.649. The summed E-state index contributed by atoms with van der Waals surface area (Å²) in [7, 11) is 0. The molecule has 1 atom stereocenters. The van der Waals surface area contributed by atoms with E-state index >= 15 is 0 Å². The van der Waals surface area contributed by atoms with Gasteiger partial charge in [0.25, 0.3) is 0 Å². The molecular formula is C11H21N5O. The normalized spacial score (nSPS) is 19.9.